The lowest BCUT2D eigenvalue weighted by Gasteiger charge is -2.42. The van der Waals surface area contributed by atoms with Gasteiger partial charge in [-0.1, -0.05) is 66.7 Å². The van der Waals surface area contributed by atoms with E-state index in [4.69, 9.17) is 4.74 Å². The summed E-state index contributed by atoms with van der Waals surface area (Å²) < 4.78 is 46.8. The highest BCUT2D eigenvalue weighted by atomic mass is 19.4. The predicted octanol–water partition coefficient (Wildman–Crippen LogP) is 6.00. The second-order valence-electron chi connectivity index (χ2n) is 8.84. The number of benzene rings is 3. The van der Waals surface area contributed by atoms with Crippen molar-refractivity contribution >= 4 is 0 Å². The molecule has 1 fully saturated rings. The van der Waals surface area contributed by atoms with Crippen LogP contribution in [0.3, 0.4) is 0 Å². The monoisotopic (exact) mass is 485 g/mol. The van der Waals surface area contributed by atoms with Crippen LogP contribution in [0, 0.1) is 5.92 Å². The fourth-order valence-corrected chi connectivity index (χ4v) is 4.84. The summed E-state index contributed by atoms with van der Waals surface area (Å²) in [5.41, 5.74) is 0.783. The SMILES string of the molecule is OC(c1ccccc1)(c1ccccc1)C1CCN(CCCOc2cccc(OC(F)(F)F)c2)CC1. The molecule has 0 bridgehead atoms. The Balaban J connectivity index is 1.29. The number of halogens is 3. The van der Waals surface area contributed by atoms with Crippen molar-refractivity contribution in [3.8, 4) is 11.5 Å². The van der Waals surface area contributed by atoms with Crippen LogP contribution in [0.5, 0.6) is 11.5 Å². The number of piperidine rings is 1. The third-order valence-corrected chi connectivity index (χ3v) is 6.53. The minimum Gasteiger partial charge on any atom is -0.493 e. The number of rotatable bonds is 9. The van der Waals surface area contributed by atoms with Crippen molar-refractivity contribution in [2.45, 2.75) is 31.2 Å². The van der Waals surface area contributed by atoms with E-state index in [1.807, 2.05) is 60.7 Å². The Morgan fingerprint density at radius 2 is 1.37 bits per heavy atom. The second kappa shape index (κ2) is 11.1. The Morgan fingerprint density at radius 3 is 1.94 bits per heavy atom. The summed E-state index contributed by atoms with van der Waals surface area (Å²) in [5, 5.41) is 12.0. The van der Waals surface area contributed by atoms with Gasteiger partial charge in [-0.25, -0.2) is 0 Å². The third-order valence-electron chi connectivity index (χ3n) is 6.53. The molecule has 3 aromatic carbocycles. The molecule has 0 spiro atoms. The van der Waals surface area contributed by atoms with Crippen LogP contribution in [0.15, 0.2) is 84.9 Å². The predicted molar refractivity (Wildman–Crippen MR) is 128 cm³/mol. The van der Waals surface area contributed by atoms with E-state index >= 15 is 0 Å². The van der Waals surface area contributed by atoms with Crippen molar-refractivity contribution in [1.29, 1.82) is 0 Å². The smallest absolute Gasteiger partial charge is 0.493 e. The highest BCUT2D eigenvalue weighted by Gasteiger charge is 2.41. The van der Waals surface area contributed by atoms with Gasteiger partial charge >= 0.3 is 6.36 Å². The second-order valence-corrected chi connectivity index (χ2v) is 8.84. The standard InChI is InChI=1S/C28H30F3NO3/c29-28(30,31)35-26-14-7-13-25(21-26)34-20-8-17-32-18-15-24(16-19-32)27(33,22-9-3-1-4-10-22)23-11-5-2-6-12-23/h1-7,9-14,21,24,33H,8,15-20H2. The van der Waals surface area contributed by atoms with Gasteiger partial charge < -0.3 is 19.5 Å². The number of alkyl halides is 3. The van der Waals surface area contributed by atoms with Crippen LogP contribution in [-0.2, 0) is 5.60 Å². The van der Waals surface area contributed by atoms with Crippen molar-refractivity contribution in [2.24, 2.45) is 5.92 Å². The van der Waals surface area contributed by atoms with Crippen LogP contribution in [0.1, 0.15) is 30.4 Å². The van der Waals surface area contributed by atoms with E-state index in [2.05, 4.69) is 9.64 Å². The maximum atomic E-state index is 12.4. The van der Waals surface area contributed by atoms with Crippen molar-refractivity contribution in [1.82, 2.24) is 4.90 Å². The Hall–Kier alpha value is -3.03. The largest absolute Gasteiger partial charge is 0.573 e. The molecule has 1 N–H and O–H groups in total. The summed E-state index contributed by atoms with van der Waals surface area (Å²) in [7, 11) is 0. The molecule has 4 rings (SSSR count). The summed E-state index contributed by atoms with van der Waals surface area (Å²) in [4.78, 5) is 2.35. The maximum Gasteiger partial charge on any atom is 0.573 e. The minimum atomic E-state index is -4.72. The lowest BCUT2D eigenvalue weighted by Crippen LogP contribution is -2.44. The molecule has 0 aromatic heterocycles. The Labute approximate surface area is 203 Å². The molecule has 0 aliphatic carbocycles. The van der Waals surface area contributed by atoms with Crippen LogP contribution in [0.2, 0.25) is 0 Å². The first-order valence-corrected chi connectivity index (χ1v) is 11.9. The molecule has 0 radical (unpaired) electrons. The van der Waals surface area contributed by atoms with E-state index in [1.165, 1.54) is 18.2 Å². The summed E-state index contributed by atoms with van der Waals surface area (Å²) in [6, 6.07) is 25.3. The molecule has 35 heavy (non-hydrogen) atoms. The van der Waals surface area contributed by atoms with Crippen LogP contribution >= 0.6 is 0 Å². The van der Waals surface area contributed by atoms with E-state index in [-0.39, 0.29) is 11.7 Å². The summed E-state index contributed by atoms with van der Waals surface area (Å²) in [6.45, 7) is 2.94. The van der Waals surface area contributed by atoms with Crippen molar-refractivity contribution in [3.05, 3.63) is 96.1 Å². The average Bonchev–Trinajstić information content (AvgIpc) is 2.87. The average molecular weight is 486 g/mol. The molecule has 0 amide bonds. The zero-order chi connectivity index (χ0) is 24.7. The van der Waals surface area contributed by atoms with E-state index < -0.39 is 12.0 Å². The van der Waals surface area contributed by atoms with Gasteiger partial charge in [0.05, 0.1) is 6.61 Å². The molecular weight excluding hydrogens is 455 g/mol. The fourth-order valence-electron chi connectivity index (χ4n) is 4.84. The van der Waals surface area contributed by atoms with Crippen LogP contribution in [0.25, 0.3) is 0 Å². The molecule has 186 valence electrons. The quantitative estimate of drug-likeness (QED) is 0.378. The molecule has 0 atom stereocenters. The first-order chi connectivity index (χ1) is 16.8. The van der Waals surface area contributed by atoms with E-state index in [0.29, 0.717) is 12.4 Å². The van der Waals surface area contributed by atoms with Gasteiger partial charge in [-0.2, -0.15) is 0 Å². The van der Waals surface area contributed by atoms with E-state index in [0.717, 1.165) is 50.0 Å². The number of hydrogen-bond acceptors (Lipinski definition) is 4. The van der Waals surface area contributed by atoms with Gasteiger partial charge in [0.2, 0.25) is 0 Å². The summed E-state index contributed by atoms with van der Waals surface area (Å²) in [6.07, 6.45) is -2.26. The maximum absolute atomic E-state index is 12.4. The molecule has 1 saturated heterocycles. The fraction of sp³-hybridized carbons (Fsp3) is 0.357. The van der Waals surface area contributed by atoms with Crippen molar-refractivity contribution in [3.63, 3.8) is 0 Å². The van der Waals surface area contributed by atoms with Gasteiger partial charge in [0, 0.05) is 12.6 Å². The Bertz CT molecular complexity index is 1010. The first-order valence-electron chi connectivity index (χ1n) is 11.9. The van der Waals surface area contributed by atoms with E-state index in [9.17, 15) is 18.3 Å². The molecule has 0 saturated carbocycles. The van der Waals surface area contributed by atoms with Crippen molar-refractivity contribution in [2.75, 3.05) is 26.2 Å². The summed E-state index contributed by atoms with van der Waals surface area (Å²) >= 11 is 0. The van der Waals surface area contributed by atoms with Gasteiger partial charge in [-0.3, -0.25) is 0 Å². The molecule has 1 aliphatic heterocycles. The van der Waals surface area contributed by atoms with E-state index in [1.54, 1.807) is 6.07 Å². The number of nitrogens with zero attached hydrogens (tertiary/aromatic N) is 1. The van der Waals surface area contributed by atoms with Crippen LogP contribution in [-0.4, -0.2) is 42.6 Å². The van der Waals surface area contributed by atoms with Crippen molar-refractivity contribution < 1.29 is 27.8 Å². The molecule has 3 aromatic rings. The van der Waals surface area contributed by atoms with Crippen LogP contribution < -0.4 is 9.47 Å². The van der Waals surface area contributed by atoms with Gasteiger partial charge in [-0.05, 0) is 61.5 Å². The summed E-state index contributed by atoms with van der Waals surface area (Å²) in [5.74, 6) is 0.152. The number of ether oxygens (including phenoxy) is 2. The van der Waals surface area contributed by atoms with Gasteiger partial charge in [0.1, 0.15) is 17.1 Å². The molecule has 1 aliphatic rings. The minimum absolute atomic E-state index is 0.0937. The normalized spacial score (nSPS) is 15.7. The lowest BCUT2D eigenvalue weighted by atomic mass is 9.72. The zero-order valence-electron chi connectivity index (χ0n) is 19.5. The van der Waals surface area contributed by atoms with Gasteiger partial charge in [-0.15, -0.1) is 13.2 Å². The Kier molecular flexibility index (Phi) is 7.98. The lowest BCUT2D eigenvalue weighted by molar-refractivity contribution is -0.274. The molecular formula is C28H30F3NO3. The number of likely N-dealkylation sites (tertiary alicyclic amines) is 1. The number of hydrogen-bond donors (Lipinski definition) is 1. The number of aliphatic hydroxyl groups is 1. The van der Waals surface area contributed by atoms with Crippen LogP contribution in [0.4, 0.5) is 13.2 Å². The molecule has 0 unspecified atom stereocenters. The van der Waals surface area contributed by atoms with Gasteiger partial charge in [0.25, 0.3) is 0 Å². The Morgan fingerprint density at radius 1 is 0.800 bits per heavy atom. The molecule has 7 heteroatoms. The first kappa shape index (κ1) is 25.1. The highest BCUT2D eigenvalue weighted by Crippen LogP contribution is 2.41. The highest BCUT2D eigenvalue weighted by molar-refractivity contribution is 5.37. The zero-order valence-corrected chi connectivity index (χ0v) is 19.5. The topological polar surface area (TPSA) is 41.9 Å². The third kappa shape index (κ3) is 6.55. The van der Waals surface area contributed by atoms with Gasteiger partial charge in [0.15, 0.2) is 0 Å². The molecule has 1 heterocycles. The molecule has 4 nitrogen and oxygen atoms in total.